The molecule has 0 bridgehead atoms. The van der Waals surface area contributed by atoms with E-state index < -0.39 is 0 Å². The van der Waals surface area contributed by atoms with Crippen molar-refractivity contribution in [1.29, 1.82) is 0 Å². The molecule has 0 saturated heterocycles. The summed E-state index contributed by atoms with van der Waals surface area (Å²) in [7, 11) is 0. The molecule has 0 aromatic carbocycles. The van der Waals surface area contributed by atoms with E-state index in [1.165, 1.54) is 40.7 Å². The fourth-order valence-electron chi connectivity index (χ4n) is 3.00. The Balaban J connectivity index is 4.02. The van der Waals surface area contributed by atoms with Gasteiger partial charge in [0.2, 0.25) is 0 Å². The number of allylic oxidation sites excluding steroid dienone is 10. The molecule has 0 atom stereocenters. The van der Waals surface area contributed by atoms with Crippen LogP contribution >= 0.6 is 0 Å². The van der Waals surface area contributed by atoms with Crippen LogP contribution in [-0.4, -0.2) is 6.29 Å². The summed E-state index contributed by atoms with van der Waals surface area (Å²) in [6.45, 7) is 13.2. The number of hydrogen-bond acceptors (Lipinski definition) is 1. The van der Waals surface area contributed by atoms with Crippen molar-refractivity contribution in [1.82, 2.24) is 0 Å². The summed E-state index contributed by atoms with van der Waals surface area (Å²) in [5.74, 6) is 0. The van der Waals surface area contributed by atoms with Gasteiger partial charge in [-0.2, -0.15) is 0 Å². The van der Waals surface area contributed by atoms with Crippen molar-refractivity contribution in [2.75, 3.05) is 0 Å². The first kappa shape index (κ1) is 26.4. The SMILES string of the molecule is CC(C)=CCCC(C)=CCCC(C)=CCCC=C(C)CCC=C(C)CC[C]=O. The lowest BCUT2D eigenvalue weighted by molar-refractivity contribution is 0.551. The van der Waals surface area contributed by atoms with Gasteiger partial charge in [-0.25, -0.2) is 0 Å². The van der Waals surface area contributed by atoms with Gasteiger partial charge in [0.1, 0.15) is 0 Å². The van der Waals surface area contributed by atoms with E-state index in [0.29, 0.717) is 6.42 Å². The summed E-state index contributed by atoms with van der Waals surface area (Å²) in [4.78, 5) is 10.3. The van der Waals surface area contributed by atoms with Gasteiger partial charge < -0.3 is 0 Å². The minimum absolute atomic E-state index is 0.522. The second kappa shape index (κ2) is 17.5. The molecule has 0 fully saturated rings. The van der Waals surface area contributed by atoms with Gasteiger partial charge >= 0.3 is 0 Å². The molecule has 0 aliphatic heterocycles. The second-order valence-corrected chi connectivity index (χ2v) is 8.32. The van der Waals surface area contributed by atoms with Gasteiger partial charge in [0.15, 0.2) is 6.29 Å². The monoisotopic (exact) mass is 383 g/mol. The molecule has 0 N–H and O–H groups in total. The third kappa shape index (κ3) is 17.8. The van der Waals surface area contributed by atoms with Crippen molar-refractivity contribution in [3.63, 3.8) is 0 Å². The highest BCUT2D eigenvalue weighted by Gasteiger charge is 1.94. The first-order valence-electron chi connectivity index (χ1n) is 11.0. The molecule has 0 heterocycles. The smallest absolute Gasteiger partial charge is 0.198 e. The molecule has 0 saturated carbocycles. The lowest BCUT2D eigenvalue weighted by atomic mass is 10.0. The molecule has 28 heavy (non-hydrogen) atoms. The van der Waals surface area contributed by atoms with Gasteiger partial charge in [0.05, 0.1) is 0 Å². The number of hydrogen-bond donors (Lipinski definition) is 0. The average molecular weight is 384 g/mol. The van der Waals surface area contributed by atoms with E-state index in [1.54, 1.807) is 0 Å². The van der Waals surface area contributed by atoms with Crippen LogP contribution in [0, 0.1) is 0 Å². The van der Waals surface area contributed by atoms with Crippen LogP contribution in [0.4, 0.5) is 0 Å². The Morgan fingerprint density at radius 2 is 0.893 bits per heavy atom. The normalized spacial score (nSPS) is 13.6. The zero-order valence-electron chi connectivity index (χ0n) is 19.4. The van der Waals surface area contributed by atoms with Gasteiger partial charge in [-0.05, 0) is 99.3 Å². The maximum atomic E-state index is 10.3. The first-order chi connectivity index (χ1) is 13.3. The van der Waals surface area contributed by atoms with Crippen molar-refractivity contribution in [3.8, 4) is 0 Å². The third-order valence-corrected chi connectivity index (χ3v) is 4.93. The Bertz CT molecular complexity index is 577. The highest BCUT2D eigenvalue weighted by Crippen LogP contribution is 2.14. The molecule has 1 nitrogen and oxygen atoms in total. The Morgan fingerprint density at radius 1 is 0.536 bits per heavy atom. The van der Waals surface area contributed by atoms with Gasteiger partial charge in [0.25, 0.3) is 0 Å². The quantitative estimate of drug-likeness (QED) is 0.204. The van der Waals surface area contributed by atoms with Crippen LogP contribution in [0.2, 0.25) is 0 Å². The van der Waals surface area contributed by atoms with E-state index in [1.807, 2.05) is 6.29 Å². The van der Waals surface area contributed by atoms with Crippen LogP contribution in [0.1, 0.15) is 106 Å². The maximum Gasteiger partial charge on any atom is 0.198 e. The highest BCUT2D eigenvalue weighted by molar-refractivity contribution is 5.50. The van der Waals surface area contributed by atoms with Gasteiger partial charge in [-0.15, -0.1) is 0 Å². The molecule has 0 aliphatic carbocycles. The van der Waals surface area contributed by atoms with Crippen LogP contribution in [0.5, 0.6) is 0 Å². The van der Waals surface area contributed by atoms with E-state index >= 15 is 0 Å². The molecule has 0 rings (SSSR count). The minimum atomic E-state index is 0.522. The summed E-state index contributed by atoms with van der Waals surface area (Å²) in [5.41, 5.74) is 7.20. The van der Waals surface area contributed by atoms with Crippen molar-refractivity contribution in [3.05, 3.63) is 58.2 Å². The topological polar surface area (TPSA) is 17.1 Å². The third-order valence-electron chi connectivity index (χ3n) is 4.93. The largest absolute Gasteiger partial charge is 0.291 e. The number of rotatable bonds is 15. The molecule has 0 aromatic rings. The molecule has 0 spiro atoms. The van der Waals surface area contributed by atoms with Crippen LogP contribution in [0.15, 0.2) is 58.2 Å². The predicted molar refractivity (Wildman–Crippen MR) is 126 cm³/mol. The summed E-state index contributed by atoms with van der Waals surface area (Å²) in [5, 5.41) is 0. The average Bonchev–Trinajstić information content (AvgIpc) is 2.63. The van der Waals surface area contributed by atoms with Crippen molar-refractivity contribution in [2.45, 2.75) is 106 Å². The highest BCUT2D eigenvalue weighted by atomic mass is 16.1. The molecular weight excluding hydrogens is 340 g/mol. The lowest BCUT2D eigenvalue weighted by Crippen LogP contribution is -1.82. The molecular formula is C27H43O. The van der Waals surface area contributed by atoms with Crippen LogP contribution < -0.4 is 0 Å². The molecule has 0 amide bonds. The zero-order chi connectivity index (χ0) is 21.2. The maximum absolute atomic E-state index is 10.3. The summed E-state index contributed by atoms with van der Waals surface area (Å²) in [6.07, 6.45) is 24.2. The van der Waals surface area contributed by atoms with E-state index in [9.17, 15) is 4.79 Å². The van der Waals surface area contributed by atoms with Crippen molar-refractivity contribution < 1.29 is 4.79 Å². The molecule has 1 radical (unpaired) electrons. The van der Waals surface area contributed by atoms with Crippen LogP contribution in [0.3, 0.4) is 0 Å². The van der Waals surface area contributed by atoms with E-state index in [4.69, 9.17) is 0 Å². The molecule has 0 aromatic heterocycles. The van der Waals surface area contributed by atoms with E-state index in [-0.39, 0.29) is 0 Å². The van der Waals surface area contributed by atoms with E-state index in [0.717, 1.165) is 44.9 Å². The van der Waals surface area contributed by atoms with Crippen molar-refractivity contribution >= 4 is 6.29 Å². The Morgan fingerprint density at radius 3 is 1.29 bits per heavy atom. The molecule has 1 heteroatoms. The standard InChI is InChI=1S/C27H43O/c1-23(2)13-9-16-26(5)19-10-17-24(3)14-7-8-15-25(4)18-11-20-27(6)21-12-22-28/h13-15,19-20H,7-12,16-18,21H2,1-6H3. The number of carbonyl (C=O) groups excluding carboxylic acids is 1. The Labute approximate surface area is 175 Å². The van der Waals surface area contributed by atoms with Gasteiger partial charge in [0, 0.05) is 6.42 Å². The lowest BCUT2D eigenvalue weighted by Gasteiger charge is -2.02. The zero-order valence-corrected chi connectivity index (χ0v) is 19.4. The predicted octanol–water partition coefficient (Wildman–Crippen LogP) is 8.75. The summed E-state index contributed by atoms with van der Waals surface area (Å²) < 4.78 is 0. The molecule has 0 unspecified atom stereocenters. The van der Waals surface area contributed by atoms with Gasteiger partial charge in [-0.1, -0.05) is 58.2 Å². The fraction of sp³-hybridized carbons (Fsp3) is 0.593. The van der Waals surface area contributed by atoms with Gasteiger partial charge in [-0.3, -0.25) is 4.79 Å². The first-order valence-corrected chi connectivity index (χ1v) is 11.0. The Kier molecular flexibility index (Phi) is 16.5. The number of unbranched alkanes of at least 4 members (excludes halogenated alkanes) is 1. The Hall–Kier alpha value is -1.63. The molecule has 157 valence electrons. The second-order valence-electron chi connectivity index (χ2n) is 8.32. The molecule has 0 aliphatic rings. The summed E-state index contributed by atoms with van der Waals surface area (Å²) in [6, 6.07) is 0. The minimum Gasteiger partial charge on any atom is -0.291 e. The fourth-order valence-corrected chi connectivity index (χ4v) is 3.00. The summed E-state index contributed by atoms with van der Waals surface area (Å²) >= 11 is 0. The van der Waals surface area contributed by atoms with Crippen LogP contribution in [-0.2, 0) is 4.79 Å². The van der Waals surface area contributed by atoms with Crippen molar-refractivity contribution in [2.24, 2.45) is 0 Å². The van der Waals surface area contributed by atoms with Crippen LogP contribution in [0.25, 0.3) is 0 Å². The van der Waals surface area contributed by atoms with E-state index in [2.05, 4.69) is 71.9 Å².